The largest absolute Gasteiger partial charge is 0.465 e. The molecule has 3 aromatic rings. The fraction of sp³-hybridized carbons (Fsp3) is 0.111. The van der Waals surface area contributed by atoms with Gasteiger partial charge in [0.2, 0.25) is 5.82 Å². The smallest absolute Gasteiger partial charge is 0.339 e. The second-order valence-electron chi connectivity index (χ2n) is 5.37. The zero-order chi connectivity index (χ0) is 18.7. The molecule has 132 valence electrons. The fourth-order valence-electron chi connectivity index (χ4n) is 2.40. The number of rotatable bonds is 4. The quantitative estimate of drug-likeness (QED) is 0.712. The summed E-state index contributed by atoms with van der Waals surface area (Å²) in [5, 5.41) is 7.42. The monoisotopic (exact) mass is 370 g/mol. The van der Waals surface area contributed by atoms with Gasteiger partial charge in [0.15, 0.2) is 0 Å². The fourth-order valence-corrected chi connectivity index (χ4v) is 2.58. The predicted octanol–water partition coefficient (Wildman–Crippen LogP) is 3.27. The van der Waals surface area contributed by atoms with E-state index in [0.29, 0.717) is 22.2 Å². The van der Waals surface area contributed by atoms with Crippen LogP contribution in [0.1, 0.15) is 26.8 Å². The Hall–Kier alpha value is -3.19. The molecule has 0 bridgehead atoms. The molecule has 0 fully saturated rings. The van der Waals surface area contributed by atoms with Crippen molar-refractivity contribution in [3.8, 4) is 5.69 Å². The summed E-state index contributed by atoms with van der Waals surface area (Å²) in [6.45, 7) is 1.73. The van der Waals surface area contributed by atoms with Crippen molar-refractivity contribution in [2.75, 3.05) is 12.4 Å². The summed E-state index contributed by atoms with van der Waals surface area (Å²) in [6, 6.07) is 13.6. The molecule has 0 aliphatic heterocycles. The first-order valence-electron chi connectivity index (χ1n) is 7.68. The molecule has 1 aromatic heterocycles. The maximum Gasteiger partial charge on any atom is 0.339 e. The van der Waals surface area contributed by atoms with Crippen LogP contribution in [0.3, 0.4) is 0 Å². The van der Waals surface area contributed by atoms with Crippen molar-refractivity contribution in [3.63, 3.8) is 0 Å². The zero-order valence-electron chi connectivity index (χ0n) is 14.1. The minimum atomic E-state index is -0.547. The van der Waals surface area contributed by atoms with E-state index in [4.69, 9.17) is 16.3 Å². The van der Waals surface area contributed by atoms with Gasteiger partial charge >= 0.3 is 5.97 Å². The van der Waals surface area contributed by atoms with E-state index >= 15 is 0 Å². The normalized spacial score (nSPS) is 10.4. The van der Waals surface area contributed by atoms with E-state index in [1.807, 2.05) is 6.07 Å². The lowest BCUT2D eigenvalue weighted by molar-refractivity contribution is 0.0602. The number of hydrogen-bond donors (Lipinski definition) is 1. The van der Waals surface area contributed by atoms with Crippen LogP contribution in [-0.2, 0) is 4.74 Å². The summed E-state index contributed by atoms with van der Waals surface area (Å²) in [7, 11) is 1.28. The van der Waals surface area contributed by atoms with Gasteiger partial charge in [-0.2, -0.15) is 0 Å². The number of hydrogen-bond acceptors (Lipinski definition) is 5. The average molecular weight is 371 g/mol. The minimum Gasteiger partial charge on any atom is -0.465 e. The van der Waals surface area contributed by atoms with Gasteiger partial charge in [-0.15, -0.1) is 5.10 Å². The third-order valence-corrected chi connectivity index (χ3v) is 3.84. The van der Waals surface area contributed by atoms with E-state index in [2.05, 4.69) is 15.4 Å². The van der Waals surface area contributed by atoms with Crippen LogP contribution in [0.25, 0.3) is 5.69 Å². The molecule has 0 radical (unpaired) electrons. The van der Waals surface area contributed by atoms with Gasteiger partial charge in [-0.25, -0.2) is 14.5 Å². The number of para-hydroxylation sites is 1. The number of halogens is 1. The zero-order valence-corrected chi connectivity index (χ0v) is 14.8. The number of nitrogens with zero attached hydrogens (tertiary/aromatic N) is 3. The molecule has 7 nitrogen and oxygen atoms in total. The van der Waals surface area contributed by atoms with Crippen molar-refractivity contribution in [2.24, 2.45) is 0 Å². The Morgan fingerprint density at radius 1 is 1.15 bits per heavy atom. The van der Waals surface area contributed by atoms with Gasteiger partial charge in [0.05, 0.1) is 24.0 Å². The van der Waals surface area contributed by atoms with Crippen LogP contribution < -0.4 is 5.32 Å². The molecule has 0 aliphatic carbocycles. The molecule has 0 saturated carbocycles. The van der Waals surface area contributed by atoms with E-state index in [1.54, 1.807) is 49.4 Å². The van der Waals surface area contributed by atoms with Crippen molar-refractivity contribution >= 4 is 29.2 Å². The Bertz CT molecular complexity index is 984. The van der Waals surface area contributed by atoms with Crippen LogP contribution in [0.4, 0.5) is 5.69 Å². The second kappa shape index (κ2) is 7.37. The number of carbonyl (C=O) groups is 2. The SMILES string of the molecule is COC(=O)c1ccccc1NC(=O)c1nc(C)n(-c2cccc(Cl)c2)n1. The number of esters is 1. The molecule has 1 heterocycles. The highest BCUT2D eigenvalue weighted by Crippen LogP contribution is 2.18. The van der Waals surface area contributed by atoms with E-state index in [0.717, 1.165) is 0 Å². The topological polar surface area (TPSA) is 86.1 Å². The number of nitrogens with one attached hydrogen (secondary N) is 1. The summed E-state index contributed by atoms with van der Waals surface area (Å²) in [6.07, 6.45) is 0. The number of carbonyl (C=O) groups excluding carboxylic acids is 2. The van der Waals surface area contributed by atoms with Crippen molar-refractivity contribution in [1.82, 2.24) is 14.8 Å². The van der Waals surface area contributed by atoms with Crippen LogP contribution in [0, 0.1) is 6.92 Å². The van der Waals surface area contributed by atoms with E-state index in [-0.39, 0.29) is 11.4 Å². The molecule has 0 aliphatic rings. The van der Waals surface area contributed by atoms with Crippen molar-refractivity contribution in [2.45, 2.75) is 6.92 Å². The standard InChI is InChI=1S/C18H15ClN4O3/c1-11-20-16(22-23(11)13-7-5-6-12(19)10-13)17(24)21-15-9-4-3-8-14(15)18(25)26-2/h3-10H,1-2H3,(H,21,24). The average Bonchev–Trinajstić information content (AvgIpc) is 3.03. The van der Waals surface area contributed by atoms with Crippen LogP contribution in [0.5, 0.6) is 0 Å². The van der Waals surface area contributed by atoms with Crippen LogP contribution >= 0.6 is 11.6 Å². The third-order valence-electron chi connectivity index (χ3n) is 3.61. The molecular weight excluding hydrogens is 356 g/mol. The molecule has 8 heteroatoms. The van der Waals surface area contributed by atoms with Crippen molar-refractivity contribution in [3.05, 3.63) is 70.8 Å². The van der Waals surface area contributed by atoms with Gasteiger partial charge < -0.3 is 10.1 Å². The van der Waals surface area contributed by atoms with Gasteiger partial charge in [-0.1, -0.05) is 29.8 Å². The van der Waals surface area contributed by atoms with Crippen molar-refractivity contribution in [1.29, 1.82) is 0 Å². The summed E-state index contributed by atoms with van der Waals surface area (Å²) >= 11 is 6.00. The molecule has 0 unspecified atom stereocenters. The van der Waals surface area contributed by atoms with E-state index < -0.39 is 11.9 Å². The first kappa shape index (κ1) is 17.6. The predicted molar refractivity (Wildman–Crippen MR) is 96.8 cm³/mol. The van der Waals surface area contributed by atoms with Gasteiger partial charge in [-0.05, 0) is 37.3 Å². The van der Waals surface area contributed by atoms with Crippen LogP contribution in [0.15, 0.2) is 48.5 Å². The number of ether oxygens (including phenoxy) is 1. The number of aromatic nitrogens is 3. The first-order chi connectivity index (χ1) is 12.5. The highest BCUT2D eigenvalue weighted by molar-refractivity contribution is 6.30. The third kappa shape index (κ3) is 3.57. The Morgan fingerprint density at radius 3 is 2.65 bits per heavy atom. The summed E-state index contributed by atoms with van der Waals surface area (Å²) in [5.41, 5.74) is 1.26. The Kier molecular flexibility index (Phi) is 4.99. The van der Waals surface area contributed by atoms with Gasteiger partial charge in [0, 0.05) is 5.02 Å². The lowest BCUT2D eigenvalue weighted by Crippen LogP contribution is -2.17. The number of methoxy groups -OCH3 is 1. The summed E-state index contributed by atoms with van der Waals surface area (Å²) < 4.78 is 6.24. The van der Waals surface area contributed by atoms with Gasteiger partial charge in [0.1, 0.15) is 5.82 Å². The number of amides is 1. The maximum absolute atomic E-state index is 12.5. The molecule has 0 saturated heterocycles. The lowest BCUT2D eigenvalue weighted by Gasteiger charge is -2.07. The Balaban J connectivity index is 1.89. The number of aryl methyl sites for hydroxylation is 1. The molecule has 0 atom stereocenters. The minimum absolute atomic E-state index is 0.0258. The Labute approximate surface area is 154 Å². The highest BCUT2D eigenvalue weighted by atomic mass is 35.5. The lowest BCUT2D eigenvalue weighted by atomic mass is 10.2. The van der Waals surface area contributed by atoms with E-state index in [9.17, 15) is 9.59 Å². The molecule has 0 spiro atoms. The highest BCUT2D eigenvalue weighted by Gasteiger charge is 2.18. The van der Waals surface area contributed by atoms with Gasteiger partial charge in [0.25, 0.3) is 5.91 Å². The summed E-state index contributed by atoms with van der Waals surface area (Å²) in [5.74, 6) is -0.583. The number of benzene rings is 2. The molecule has 3 rings (SSSR count). The molecule has 1 N–H and O–H groups in total. The van der Waals surface area contributed by atoms with Crippen LogP contribution in [-0.4, -0.2) is 33.8 Å². The van der Waals surface area contributed by atoms with E-state index in [1.165, 1.54) is 11.8 Å². The molecule has 26 heavy (non-hydrogen) atoms. The van der Waals surface area contributed by atoms with Gasteiger partial charge in [-0.3, -0.25) is 4.79 Å². The maximum atomic E-state index is 12.5. The second-order valence-corrected chi connectivity index (χ2v) is 5.80. The van der Waals surface area contributed by atoms with Crippen LogP contribution in [0.2, 0.25) is 5.02 Å². The first-order valence-corrected chi connectivity index (χ1v) is 8.05. The Morgan fingerprint density at radius 2 is 1.92 bits per heavy atom. The molecule has 1 amide bonds. The van der Waals surface area contributed by atoms with Crippen molar-refractivity contribution < 1.29 is 14.3 Å². The number of anilines is 1. The molecular formula is C18H15ClN4O3. The summed E-state index contributed by atoms with van der Waals surface area (Å²) in [4.78, 5) is 28.5. The molecule has 2 aromatic carbocycles.